The molecule has 0 saturated heterocycles. The van der Waals surface area contributed by atoms with Crippen molar-refractivity contribution in [1.29, 1.82) is 5.26 Å². The molecule has 0 fully saturated rings. The quantitative estimate of drug-likeness (QED) is 0.0845. The van der Waals surface area contributed by atoms with E-state index >= 15 is 0 Å². The van der Waals surface area contributed by atoms with Crippen LogP contribution in [0.4, 0.5) is 0 Å². The first kappa shape index (κ1) is 50.1. The third kappa shape index (κ3) is 12.0. The summed E-state index contributed by atoms with van der Waals surface area (Å²) in [7, 11) is 1.42. The van der Waals surface area contributed by atoms with Crippen LogP contribution in [0.15, 0.2) is 60.7 Å². The van der Waals surface area contributed by atoms with Gasteiger partial charge >= 0.3 is 0 Å². The van der Waals surface area contributed by atoms with Crippen molar-refractivity contribution in [3.8, 4) is 40.1 Å². The Morgan fingerprint density at radius 1 is 0.879 bits per heavy atom. The van der Waals surface area contributed by atoms with E-state index in [4.69, 9.17) is 31.9 Å². The smallest absolute Gasteiger partial charge is 0.255 e. The minimum absolute atomic E-state index is 0.000225. The Labute approximate surface area is 385 Å². The van der Waals surface area contributed by atoms with Crippen LogP contribution in [0.5, 0.6) is 11.5 Å². The van der Waals surface area contributed by atoms with Gasteiger partial charge in [-0.15, -0.1) is 0 Å². The predicted octanol–water partition coefficient (Wildman–Crippen LogP) is 2.23. The molecule has 5 amide bonds. The third-order valence-electron chi connectivity index (χ3n) is 11.1. The largest absolute Gasteiger partial charge is 0.492 e. The monoisotopic (exact) mass is 903 g/mol. The van der Waals surface area contributed by atoms with Gasteiger partial charge in [0.2, 0.25) is 23.6 Å². The molecule has 66 heavy (non-hydrogen) atoms. The topological polar surface area (TPSA) is 283 Å². The van der Waals surface area contributed by atoms with E-state index in [0.717, 1.165) is 11.1 Å². The molecule has 0 saturated carbocycles. The maximum atomic E-state index is 14.7. The summed E-state index contributed by atoms with van der Waals surface area (Å²) in [4.78, 5) is 81.0. The molecule has 0 aliphatic carbocycles. The minimum Gasteiger partial charge on any atom is -0.492 e. The number of nitrogens with one attached hydrogen (secondary N) is 4. The number of hydrogen-bond donors (Lipinski definition) is 7. The molecule has 18 nitrogen and oxygen atoms in total. The zero-order valence-corrected chi connectivity index (χ0v) is 38.6. The van der Waals surface area contributed by atoms with Crippen LogP contribution in [0, 0.1) is 25.2 Å². The molecule has 5 rings (SSSR count). The molecule has 10 N–H and O–H groups in total. The van der Waals surface area contributed by atoms with Gasteiger partial charge in [-0.3, -0.25) is 24.0 Å². The number of rotatable bonds is 15. The zero-order valence-electron chi connectivity index (χ0n) is 38.6. The summed E-state index contributed by atoms with van der Waals surface area (Å²) in [6.07, 6.45) is 0.00162. The Balaban J connectivity index is 1.57. The van der Waals surface area contributed by atoms with Crippen LogP contribution in [0.2, 0.25) is 0 Å². The van der Waals surface area contributed by atoms with Crippen molar-refractivity contribution in [3.63, 3.8) is 0 Å². The Morgan fingerprint density at radius 2 is 1.48 bits per heavy atom. The number of ether oxygens (including phenoxy) is 2. The fourth-order valence-corrected chi connectivity index (χ4v) is 7.65. The van der Waals surface area contributed by atoms with Crippen molar-refractivity contribution >= 4 is 29.5 Å². The number of aromatic nitrogens is 2. The Bertz CT molecular complexity index is 2440. The molecule has 3 aromatic carbocycles. The minimum atomic E-state index is -1.41. The molecule has 0 spiro atoms. The zero-order chi connectivity index (χ0) is 48.3. The maximum Gasteiger partial charge on any atom is 0.255 e. The highest BCUT2D eigenvalue weighted by molar-refractivity contribution is 6.00. The lowest BCUT2D eigenvalue weighted by atomic mass is 9.86. The van der Waals surface area contributed by atoms with E-state index in [-0.39, 0.29) is 63.2 Å². The van der Waals surface area contributed by atoms with Crippen LogP contribution in [-0.4, -0.2) is 109 Å². The molecule has 4 bridgehead atoms. The van der Waals surface area contributed by atoms with Gasteiger partial charge in [-0.1, -0.05) is 57.2 Å². The van der Waals surface area contributed by atoms with Gasteiger partial charge < -0.3 is 52.8 Å². The molecule has 1 aliphatic rings. The first-order valence-corrected chi connectivity index (χ1v) is 21.8. The number of hydrogen-bond acceptors (Lipinski definition) is 13. The Hall–Kier alpha value is -6.94. The highest BCUT2D eigenvalue weighted by atomic mass is 16.5. The second kappa shape index (κ2) is 22.3. The van der Waals surface area contributed by atoms with Crippen LogP contribution in [0.25, 0.3) is 22.5 Å². The highest BCUT2D eigenvalue weighted by Gasteiger charge is 2.36. The van der Waals surface area contributed by atoms with E-state index in [0.29, 0.717) is 51.0 Å². The van der Waals surface area contributed by atoms with Crippen molar-refractivity contribution in [2.24, 2.45) is 17.2 Å². The van der Waals surface area contributed by atoms with Crippen LogP contribution in [-0.2, 0) is 31.0 Å². The number of amides is 5. The van der Waals surface area contributed by atoms with E-state index < -0.39 is 53.7 Å². The number of nitriles is 1. The van der Waals surface area contributed by atoms with Crippen LogP contribution < -0.4 is 47.9 Å². The molecule has 0 unspecified atom stereocenters. The number of fused-ring (bicyclic) bond motifs is 5. The summed E-state index contributed by atoms with van der Waals surface area (Å²) in [6, 6.07) is 15.0. The first-order chi connectivity index (χ1) is 31.4. The van der Waals surface area contributed by atoms with Crippen molar-refractivity contribution in [2.45, 2.75) is 84.0 Å². The number of benzene rings is 3. The average molecular weight is 904 g/mol. The molecule has 4 aromatic rings. The Kier molecular flexibility index (Phi) is 16.9. The first-order valence-electron chi connectivity index (χ1n) is 21.8. The van der Waals surface area contributed by atoms with Crippen molar-refractivity contribution in [1.82, 2.24) is 36.1 Å². The van der Waals surface area contributed by atoms with Gasteiger partial charge in [-0.25, -0.2) is 9.97 Å². The molecule has 1 aromatic heterocycles. The molecule has 2 heterocycles. The van der Waals surface area contributed by atoms with E-state index in [9.17, 15) is 24.0 Å². The molecular formula is C48H61N11O7. The van der Waals surface area contributed by atoms with Crippen molar-refractivity contribution in [3.05, 3.63) is 94.3 Å². The fourth-order valence-electron chi connectivity index (χ4n) is 7.65. The third-order valence-corrected chi connectivity index (χ3v) is 11.1. The second-order valence-electron chi connectivity index (χ2n) is 17.1. The van der Waals surface area contributed by atoms with E-state index in [1.807, 2.05) is 30.3 Å². The number of carbonyl (C=O) groups excluding carboxylic acids is 5. The van der Waals surface area contributed by atoms with Crippen LogP contribution in [0.3, 0.4) is 0 Å². The lowest BCUT2D eigenvalue weighted by Gasteiger charge is -2.32. The lowest BCUT2D eigenvalue weighted by molar-refractivity contribution is -0.141. The molecule has 350 valence electrons. The van der Waals surface area contributed by atoms with E-state index in [2.05, 4.69) is 52.0 Å². The summed E-state index contributed by atoms with van der Waals surface area (Å²) in [5.41, 5.74) is 22.4. The average Bonchev–Trinajstić information content (AvgIpc) is 3.28. The number of nitrogens with two attached hydrogens (primary N) is 3. The van der Waals surface area contributed by atoms with Gasteiger partial charge in [0, 0.05) is 43.2 Å². The molecular weight excluding hydrogens is 843 g/mol. The van der Waals surface area contributed by atoms with Gasteiger partial charge in [0.1, 0.15) is 55.4 Å². The number of likely N-dealkylation sites (N-methyl/N-ethyl adjacent to an activating group) is 1. The number of aryl methyl sites for hydroxylation is 2. The standard InChI is InChI=1S/C48H61N11O7/c1-27-40(28(2)55-42(54-27)31-9-12-33(13-10-31)48(4,5)6)45(62)57-36(16-17-49)47(64)59(7)41-32-11-15-39(66-23-20-52)35(26-32)34-24-30(8-14-38(34)65-22-19-51)25-37(44(61)53-21-18-50)58-43(60)29(3)56-46(41)63/h8-15,24,26,29,36-37,41H,16-17,19-23,25,49,51-52H2,1-7H3,(H,53,61)(H,56,63)(H,57,62)(H,58,60)/t29-,36-,37-,41-/m0/s1. The summed E-state index contributed by atoms with van der Waals surface area (Å²) >= 11 is 0. The van der Waals surface area contributed by atoms with Gasteiger partial charge in [-0.2, -0.15) is 5.26 Å². The molecule has 1 aliphatic heterocycles. The van der Waals surface area contributed by atoms with Gasteiger partial charge in [0.15, 0.2) is 5.82 Å². The van der Waals surface area contributed by atoms with E-state index in [1.54, 1.807) is 50.2 Å². The maximum absolute atomic E-state index is 14.7. The SMILES string of the molecule is Cc1nc(-c2ccc(C(C)(C)C)cc2)nc(C)c1C(=O)N[C@@H](CCN)C(=O)N(C)[C@@H]1C(=O)N[C@@H](C)C(=O)N[C@H](C(=O)NCC#N)Cc2ccc(OCCN)c(c2)-c2cc1ccc2OCCN. The fraction of sp³-hybridized carbons (Fsp3) is 0.417. The summed E-state index contributed by atoms with van der Waals surface area (Å²) < 4.78 is 12.2. The van der Waals surface area contributed by atoms with Gasteiger partial charge in [0.05, 0.1) is 23.0 Å². The number of carbonyl (C=O) groups is 5. The van der Waals surface area contributed by atoms with Crippen molar-refractivity contribution < 1.29 is 33.4 Å². The predicted molar refractivity (Wildman–Crippen MR) is 249 cm³/mol. The summed E-state index contributed by atoms with van der Waals surface area (Å²) in [5.74, 6) is -2.13. The summed E-state index contributed by atoms with van der Waals surface area (Å²) in [6.45, 7) is 11.6. The Morgan fingerprint density at radius 3 is 2.06 bits per heavy atom. The van der Waals surface area contributed by atoms with Crippen LogP contribution in [0.1, 0.15) is 78.6 Å². The van der Waals surface area contributed by atoms with Gasteiger partial charge in [0.25, 0.3) is 5.91 Å². The molecule has 4 atom stereocenters. The number of nitrogens with zero attached hydrogens (tertiary/aromatic N) is 4. The highest BCUT2D eigenvalue weighted by Crippen LogP contribution is 2.40. The lowest BCUT2D eigenvalue weighted by Crippen LogP contribution is -2.56. The normalized spacial score (nSPS) is 16.7. The van der Waals surface area contributed by atoms with E-state index in [1.165, 1.54) is 18.9 Å². The van der Waals surface area contributed by atoms with Crippen molar-refractivity contribution in [2.75, 3.05) is 46.4 Å². The van der Waals surface area contributed by atoms with Gasteiger partial charge in [-0.05, 0) is 80.1 Å². The second-order valence-corrected chi connectivity index (χ2v) is 17.1. The van der Waals surface area contributed by atoms with Crippen LogP contribution >= 0.6 is 0 Å². The molecule has 18 heteroatoms. The summed E-state index contributed by atoms with van der Waals surface area (Å²) in [5, 5.41) is 19.9. The molecule has 0 radical (unpaired) electrons.